The van der Waals surface area contributed by atoms with Gasteiger partial charge in [0, 0.05) is 6.61 Å². The summed E-state index contributed by atoms with van der Waals surface area (Å²) in [4.78, 5) is 11.8. The van der Waals surface area contributed by atoms with Crippen molar-refractivity contribution in [2.24, 2.45) is 0 Å². The molecule has 0 spiro atoms. The van der Waals surface area contributed by atoms with E-state index < -0.39 is 14.1 Å². The first-order valence-corrected chi connectivity index (χ1v) is 10.3. The van der Waals surface area contributed by atoms with Crippen LogP contribution in [0.3, 0.4) is 0 Å². The molecule has 0 unspecified atom stereocenters. The Kier molecular flexibility index (Phi) is 5.58. The van der Waals surface area contributed by atoms with Crippen LogP contribution in [-0.4, -0.2) is 39.2 Å². The average molecular weight is 302 g/mol. The van der Waals surface area contributed by atoms with Crippen LogP contribution in [0.2, 0.25) is 18.1 Å². The lowest BCUT2D eigenvalue weighted by atomic mass is 10.1. The molecule has 20 heavy (non-hydrogen) atoms. The lowest BCUT2D eigenvalue weighted by Gasteiger charge is -2.37. The molecule has 1 atom stereocenters. The van der Waals surface area contributed by atoms with Gasteiger partial charge in [-0.3, -0.25) is 4.79 Å². The van der Waals surface area contributed by atoms with E-state index in [0.717, 1.165) is 6.42 Å². The molecular weight excluding hydrogens is 272 g/mol. The van der Waals surface area contributed by atoms with Crippen molar-refractivity contribution in [3.05, 3.63) is 0 Å². The monoisotopic (exact) mass is 302 g/mol. The zero-order valence-electron chi connectivity index (χ0n) is 14.0. The van der Waals surface area contributed by atoms with Crippen LogP contribution in [0.15, 0.2) is 0 Å². The molecule has 1 fully saturated rings. The number of carbonyl (C=O) groups excluding carboxylic acids is 1. The maximum absolute atomic E-state index is 11.8. The maximum atomic E-state index is 11.8. The average Bonchev–Trinajstić information content (AvgIpc) is 2.27. The molecule has 0 amide bonds. The maximum Gasteiger partial charge on any atom is 0.191 e. The predicted molar refractivity (Wildman–Crippen MR) is 82.3 cm³/mol. The van der Waals surface area contributed by atoms with Crippen molar-refractivity contribution in [1.29, 1.82) is 0 Å². The Morgan fingerprint density at radius 1 is 1.35 bits per heavy atom. The van der Waals surface area contributed by atoms with Crippen molar-refractivity contribution in [3.8, 4) is 0 Å². The lowest BCUT2D eigenvalue weighted by Crippen LogP contribution is -2.46. The second-order valence-electron chi connectivity index (χ2n) is 7.51. The first-order valence-electron chi connectivity index (χ1n) is 7.43. The highest BCUT2D eigenvalue weighted by atomic mass is 28.4. The van der Waals surface area contributed by atoms with Crippen LogP contribution in [0.4, 0.5) is 0 Å². The summed E-state index contributed by atoms with van der Waals surface area (Å²) in [5.74, 6) is -0.615. The number of hydrogen-bond acceptors (Lipinski definition) is 4. The third-order valence-electron chi connectivity index (χ3n) is 4.23. The van der Waals surface area contributed by atoms with Gasteiger partial charge < -0.3 is 13.9 Å². The van der Waals surface area contributed by atoms with Crippen LogP contribution in [0.5, 0.6) is 0 Å². The molecule has 0 aromatic rings. The quantitative estimate of drug-likeness (QED) is 0.576. The van der Waals surface area contributed by atoms with Crippen molar-refractivity contribution in [2.75, 3.05) is 13.2 Å². The minimum Gasteiger partial charge on any atom is -0.417 e. The van der Waals surface area contributed by atoms with Crippen LogP contribution >= 0.6 is 0 Å². The summed E-state index contributed by atoms with van der Waals surface area (Å²) in [7, 11) is -1.69. The predicted octanol–water partition coefficient (Wildman–Crippen LogP) is 3.51. The molecule has 0 saturated carbocycles. The number of carbonyl (C=O) groups is 1. The lowest BCUT2D eigenvalue weighted by molar-refractivity contribution is -0.259. The molecule has 0 aliphatic carbocycles. The van der Waals surface area contributed by atoms with Gasteiger partial charge >= 0.3 is 0 Å². The summed E-state index contributed by atoms with van der Waals surface area (Å²) >= 11 is 0. The topological polar surface area (TPSA) is 44.8 Å². The number of rotatable bonds is 5. The number of ether oxygens (including phenoxy) is 2. The molecule has 1 saturated heterocycles. The smallest absolute Gasteiger partial charge is 0.191 e. The Hall–Kier alpha value is -0.233. The van der Waals surface area contributed by atoms with Crippen LogP contribution in [0, 0.1) is 0 Å². The van der Waals surface area contributed by atoms with Gasteiger partial charge in [0.2, 0.25) is 0 Å². The van der Waals surface area contributed by atoms with E-state index in [-0.39, 0.29) is 23.5 Å². The highest BCUT2D eigenvalue weighted by Gasteiger charge is 2.37. The second kappa shape index (κ2) is 6.26. The fourth-order valence-electron chi connectivity index (χ4n) is 1.81. The molecule has 5 heteroatoms. The van der Waals surface area contributed by atoms with E-state index in [9.17, 15) is 4.79 Å². The Morgan fingerprint density at radius 2 is 1.95 bits per heavy atom. The van der Waals surface area contributed by atoms with Gasteiger partial charge in [-0.2, -0.15) is 0 Å². The second-order valence-corrected chi connectivity index (χ2v) is 12.3. The van der Waals surface area contributed by atoms with Gasteiger partial charge in [-0.15, -0.1) is 0 Å². The third kappa shape index (κ3) is 4.95. The number of hydrogen-bond donors (Lipinski definition) is 0. The first-order chi connectivity index (χ1) is 8.95. The Morgan fingerprint density at radius 3 is 2.50 bits per heavy atom. The van der Waals surface area contributed by atoms with E-state index in [1.54, 1.807) is 0 Å². The molecule has 1 aliphatic rings. The molecule has 0 N–H and O–H groups in total. The van der Waals surface area contributed by atoms with Gasteiger partial charge in [0.1, 0.15) is 12.7 Å². The van der Waals surface area contributed by atoms with Crippen molar-refractivity contribution in [3.63, 3.8) is 0 Å². The molecule has 0 aromatic heterocycles. The fourth-order valence-corrected chi connectivity index (χ4v) is 2.90. The van der Waals surface area contributed by atoms with Gasteiger partial charge in [0.25, 0.3) is 0 Å². The van der Waals surface area contributed by atoms with Crippen molar-refractivity contribution >= 4 is 14.1 Å². The molecule has 1 rings (SSSR count). The molecule has 0 bridgehead atoms. The van der Waals surface area contributed by atoms with E-state index in [0.29, 0.717) is 13.0 Å². The fraction of sp³-hybridized carbons (Fsp3) is 0.933. The summed E-state index contributed by atoms with van der Waals surface area (Å²) in [5.41, 5.74) is 0. The SMILES string of the molecule is CC1(C)OCC(=O)[C@H](CCCO[Si](C)(C)C(C)(C)C)O1. The molecule has 0 radical (unpaired) electrons. The summed E-state index contributed by atoms with van der Waals surface area (Å²) in [6, 6.07) is 0. The van der Waals surface area contributed by atoms with E-state index in [4.69, 9.17) is 13.9 Å². The zero-order chi connectivity index (χ0) is 15.6. The van der Waals surface area contributed by atoms with Gasteiger partial charge in [-0.1, -0.05) is 20.8 Å². The first kappa shape index (κ1) is 17.8. The Balaban J connectivity index is 2.36. The number of Topliss-reactive ketones (excluding diaryl/α,β-unsaturated/α-hetero) is 1. The minimum atomic E-state index is -1.69. The Labute approximate surface area is 124 Å². The Bertz CT molecular complexity index is 344. The number of ketones is 1. The molecular formula is C15H30O4Si. The highest BCUT2D eigenvalue weighted by Crippen LogP contribution is 2.36. The van der Waals surface area contributed by atoms with Gasteiger partial charge in [0.05, 0.1) is 0 Å². The highest BCUT2D eigenvalue weighted by molar-refractivity contribution is 6.74. The van der Waals surface area contributed by atoms with E-state index in [2.05, 4.69) is 33.9 Å². The normalized spacial score (nSPS) is 23.9. The summed E-state index contributed by atoms with van der Waals surface area (Å²) < 4.78 is 17.1. The van der Waals surface area contributed by atoms with Crippen LogP contribution in [0.1, 0.15) is 47.5 Å². The third-order valence-corrected chi connectivity index (χ3v) is 8.77. The van der Waals surface area contributed by atoms with E-state index in [1.165, 1.54) is 0 Å². The van der Waals surface area contributed by atoms with E-state index >= 15 is 0 Å². The van der Waals surface area contributed by atoms with Crippen LogP contribution < -0.4 is 0 Å². The summed E-state index contributed by atoms with van der Waals surface area (Å²) in [6.07, 6.45) is 1.21. The molecule has 4 nitrogen and oxygen atoms in total. The van der Waals surface area contributed by atoms with E-state index in [1.807, 2.05) is 13.8 Å². The minimum absolute atomic E-state index is 0.0386. The zero-order valence-corrected chi connectivity index (χ0v) is 15.0. The largest absolute Gasteiger partial charge is 0.417 e. The summed E-state index contributed by atoms with van der Waals surface area (Å²) in [5, 5.41) is 0.222. The van der Waals surface area contributed by atoms with Crippen LogP contribution in [-0.2, 0) is 18.7 Å². The molecule has 118 valence electrons. The van der Waals surface area contributed by atoms with Crippen molar-refractivity contribution in [1.82, 2.24) is 0 Å². The van der Waals surface area contributed by atoms with Crippen molar-refractivity contribution in [2.45, 2.75) is 77.5 Å². The molecule has 1 aliphatic heterocycles. The van der Waals surface area contributed by atoms with Gasteiger partial charge in [0.15, 0.2) is 19.9 Å². The summed E-state index contributed by atoms with van der Waals surface area (Å²) in [6.45, 7) is 15.7. The molecule has 0 aromatic carbocycles. The standard InChI is InChI=1S/C15H30O4Si/c1-14(2,3)20(6,7)18-10-8-9-13-12(16)11-17-15(4,5)19-13/h13H,8-11H2,1-7H3/t13-/m0/s1. The molecule has 1 heterocycles. The van der Waals surface area contributed by atoms with Gasteiger partial charge in [-0.25, -0.2) is 0 Å². The van der Waals surface area contributed by atoms with Gasteiger partial charge in [-0.05, 0) is 44.8 Å². The van der Waals surface area contributed by atoms with Crippen molar-refractivity contribution < 1.29 is 18.7 Å². The van der Waals surface area contributed by atoms with Crippen LogP contribution in [0.25, 0.3) is 0 Å².